The zero-order valence-corrected chi connectivity index (χ0v) is 11.2. The maximum absolute atomic E-state index is 12.2. The molecule has 0 aromatic heterocycles. The lowest BCUT2D eigenvalue weighted by molar-refractivity contribution is -0.167. The average molecular weight is 271 g/mol. The number of ether oxygens (including phenoxy) is 1. The number of hydrogen-bond acceptors (Lipinski definition) is 4. The summed E-state index contributed by atoms with van der Waals surface area (Å²) < 4.78 is 5.42. The predicted octanol–water partition coefficient (Wildman–Crippen LogP) is 0.384. The van der Waals surface area contributed by atoms with E-state index in [0.29, 0.717) is 19.5 Å². The molecule has 1 saturated carbocycles. The molecule has 2 rings (SSSR count). The van der Waals surface area contributed by atoms with Crippen molar-refractivity contribution < 1.29 is 24.5 Å². The molecule has 0 aromatic carbocycles. The minimum absolute atomic E-state index is 0.00557. The standard InChI is InChI=1S/C13H21NO5/c1-19-12(3-2-4-12)9-10(15)14-7-5-13(18,6-8-14)11(16)17/h18H,2-9H2,1H3,(H,16,17). The summed E-state index contributed by atoms with van der Waals surface area (Å²) in [7, 11) is 1.63. The molecule has 1 heterocycles. The molecule has 2 aliphatic rings. The highest BCUT2D eigenvalue weighted by molar-refractivity contribution is 5.80. The number of likely N-dealkylation sites (tertiary alicyclic amines) is 1. The van der Waals surface area contributed by atoms with Gasteiger partial charge < -0.3 is 19.8 Å². The van der Waals surface area contributed by atoms with Crippen molar-refractivity contribution in [1.82, 2.24) is 4.90 Å². The second kappa shape index (κ2) is 5.09. The molecular formula is C13H21NO5. The van der Waals surface area contributed by atoms with Gasteiger partial charge in [-0.1, -0.05) is 0 Å². The van der Waals surface area contributed by atoms with Gasteiger partial charge in [0.15, 0.2) is 5.60 Å². The summed E-state index contributed by atoms with van der Waals surface area (Å²) in [5.41, 5.74) is -1.98. The Balaban J connectivity index is 1.87. The van der Waals surface area contributed by atoms with Crippen LogP contribution in [0.4, 0.5) is 0 Å². The molecule has 0 radical (unpaired) electrons. The van der Waals surface area contributed by atoms with Crippen molar-refractivity contribution in [2.75, 3.05) is 20.2 Å². The van der Waals surface area contributed by atoms with Crippen LogP contribution in [0.2, 0.25) is 0 Å². The van der Waals surface area contributed by atoms with Gasteiger partial charge in [-0.3, -0.25) is 4.79 Å². The number of amides is 1. The van der Waals surface area contributed by atoms with Crippen molar-refractivity contribution in [2.45, 2.75) is 49.7 Å². The van der Waals surface area contributed by atoms with Crippen molar-refractivity contribution in [3.63, 3.8) is 0 Å². The molecule has 0 atom stereocenters. The van der Waals surface area contributed by atoms with Crippen LogP contribution in [-0.2, 0) is 14.3 Å². The molecule has 19 heavy (non-hydrogen) atoms. The number of carboxylic acids is 1. The number of rotatable bonds is 4. The van der Waals surface area contributed by atoms with Crippen LogP contribution in [0.15, 0.2) is 0 Å². The lowest BCUT2D eigenvalue weighted by atomic mass is 9.77. The van der Waals surface area contributed by atoms with Gasteiger partial charge in [0.2, 0.25) is 5.91 Å². The minimum atomic E-state index is -1.67. The summed E-state index contributed by atoms with van der Waals surface area (Å²) in [5, 5.41) is 18.7. The highest BCUT2D eigenvalue weighted by Gasteiger charge is 2.43. The third-order valence-electron chi connectivity index (χ3n) is 4.51. The molecule has 1 amide bonds. The van der Waals surface area contributed by atoms with E-state index in [1.54, 1.807) is 12.0 Å². The summed E-state index contributed by atoms with van der Waals surface area (Å²) in [6.07, 6.45) is 3.43. The van der Waals surface area contributed by atoms with Gasteiger partial charge in [0, 0.05) is 33.0 Å². The Kier molecular flexibility index (Phi) is 3.82. The van der Waals surface area contributed by atoms with Crippen molar-refractivity contribution in [1.29, 1.82) is 0 Å². The van der Waals surface area contributed by atoms with Crippen LogP contribution < -0.4 is 0 Å². The first kappa shape index (κ1) is 14.3. The Bertz CT molecular complexity index is 364. The van der Waals surface area contributed by atoms with E-state index < -0.39 is 11.6 Å². The molecule has 2 N–H and O–H groups in total. The molecule has 1 aliphatic heterocycles. The molecule has 6 heteroatoms. The molecule has 6 nitrogen and oxygen atoms in total. The first-order chi connectivity index (χ1) is 8.91. The molecule has 0 bridgehead atoms. The Morgan fingerprint density at radius 1 is 1.21 bits per heavy atom. The van der Waals surface area contributed by atoms with E-state index in [1.807, 2.05) is 0 Å². The number of nitrogens with zero attached hydrogens (tertiary/aromatic N) is 1. The average Bonchev–Trinajstić information content (AvgIpc) is 2.34. The summed E-state index contributed by atoms with van der Waals surface area (Å²) in [5.74, 6) is -1.21. The molecule has 0 aromatic rings. The molecule has 108 valence electrons. The van der Waals surface area contributed by atoms with Gasteiger partial charge in [-0.2, -0.15) is 0 Å². The number of carboxylic acid groups (broad SMARTS) is 1. The fourth-order valence-electron chi connectivity index (χ4n) is 2.75. The number of aliphatic carboxylic acids is 1. The molecule has 0 unspecified atom stereocenters. The molecular weight excluding hydrogens is 250 g/mol. The number of methoxy groups -OCH3 is 1. The second-order valence-corrected chi connectivity index (χ2v) is 5.63. The van der Waals surface area contributed by atoms with E-state index >= 15 is 0 Å². The Morgan fingerprint density at radius 2 is 1.79 bits per heavy atom. The van der Waals surface area contributed by atoms with Gasteiger partial charge in [-0.15, -0.1) is 0 Å². The smallest absolute Gasteiger partial charge is 0.335 e. The molecule has 0 spiro atoms. The van der Waals surface area contributed by atoms with E-state index in [0.717, 1.165) is 19.3 Å². The maximum atomic E-state index is 12.2. The topological polar surface area (TPSA) is 87.1 Å². The summed E-state index contributed by atoms with van der Waals surface area (Å²) in [6, 6.07) is 0. The Labute approximate surface area is 112 Å². The lowest BCUT2D eigenvalue weighted by Gasteiger charge is -2.42. The van der Waals surface area contributed by atoms with Gasteiger partial charge in [0.1, 0.15) is 0 Å². The quantitative estimate of drug-likeness (QED) is 0.772. The molecule has 1 aliphatic carbocycles. The predicted molar refractivity (Wildman–Crippen MR) is 66.6 cm³/mol. The van der Waals surface area contributed by atoms with E-state index in [2.05, 4.69) is 0 Å². The number of hydrogen-bond donors (Lipinski definition) is 2. The summed E-state index contributed by atoms with van der Waals surface area (Å²) >= 11 is 0. The summed E-state index contributed by atoms with van der Waals surface area (Å²) in [6.45, 7) is 0.586. The van der Waals surface area contributed by atoms with Crippen LogP contribution in [0.25, 0.3) is 0 Å². The van der Waals surface area contributed by atoms with E-state index in [1.165, 1.54) is 0 Å². The van der Waals surface area contributed by atoms with Crippen molar-refractivity contribution in [3.8, 4) is 0 Å². The van der Waals surface area contributed by atoms with Gasteiger partial charge in [-0.05, 0) is 19.3 Å². The molecule has 1 saturated heterocycles. The van der Waals surface area contributed by atoms with Crippen LogP contribution in [0, 0.1) is 0 Å². The van der Waals surface area contributed by atoms with Crippen LogP contribution >= 0.6 is 0 Å². The number of carbonyl (C=O) groups is 2. The van der Waals surface area contributed by atoms with E-state index in [-0.39, 0.29) is 24.3 Å². The summed E-state index contributed by atoms with van der Waals surface area (Å²) in [4.78, 5) is 24.7. The highest BCUT2D eigenvalue weighted by atomic mass is 16.5. The van der Waals surface area contributed by atoms with Crippen molar-refractivity contribution in [3.05, 3.63) is 0 Å². The Morgan fingerprint density at radius 3 is 2.16 bits per heavy atom. The highest BCUT2D eigenvalue weighted by Crippen LogP contribution is 2.38. The fourth-order valence-corrected chi connectivity index (χ4v) is 2.75. The fraction of sp³-hybridized carbons (Fsp3) is 0.846. The lowest BCUT2D eigenvalue weighted by Crippen LogP contribution is -2.52. The van der Waals surface area contributed by atoms with Crippen LogP contribution in [0.5, 0.6) is 0 Å². The Hall–Kier alpha value is -1.14. The SMILES string of the molecule is COC1(CC(=O)N2CCC(O)(C(=O)O)CC2)CCC1. The monoisotopic (exact) mass is 271 g/mol. The van der Waals surface area contributed by atoms with Crippen LogP contribution in [-0.4, -0.2) is 58.4 Å². The number of aliphatic hydroxyl groups is 1. The van der Waals surface area contributed by atoms with Gasteiger partial charge in [-0.25, -0.2) is 4.79 Å². The van der Waals surface area contributed by atoms with E-state index in [4.69, 9.17) is 9.84 Å². The van der Waals surface area contributed by atoms with Gasteiger partial charge in [0.25, 0.3) is 0 Å². The first-order valence-electron chi connectivity index (χ1n) is 6.70. The second-order valence-electron chi connectivity index (χ2n) is 5.63. The van der Waals surface area contributed by atoms with Gasteiger partial charge >= 0.3 is 5.97 Å². The normalized spacial score (nSPS) is 24.6. The van der Waals surface area contributed by atoms with Crippen LogP contribution in [0.1, 0.15) is 38.5 Å². The largest absolute Gasteiger partial charge is 0.479 e. The zero-order chi connectivity index (χ0) is 14.1. The van der Waals surface area contributed by atoms with E-state index in [9.17, 15) is 14.7 Å². The van der Waals surface area contributed by atoms with Crippen molar-refractivity contribution in [2.24, 2.45) is 0 Å². The third-order valence-corrected chi connectivity index (χ3v) is 4.51. The van der Waals surface area contributed by atoms with Crippen molar-refractivity contribution >= 4 is 11.9 Å². The number of carbonyl (C=O) groups excluding carboxylic acids is 1. The third kappa shape index (κ3) is 2.74. The minimum Gasteiger partial charge on any atom is -0.479 e. The maximum Gasteiger partial charge on any atom is 0.335 e. The first-order valence-corrected chi connectivity index (χ1v) is 6.70. The zero-order valence-electron chi connectivity index (χ0n) is 11.2. The van der Waals surface area contributed by atoms with Crippen LogP contribution in [0.3, 0.4) is 0 Å². The number of piperidine rings is 1. The molecule has 2 fully saturated rings. The van der Waals surface area contributed by atoms with Gasteiger partial charge in [0.05, 0.1) is 12.0 Å².